The molecule has 0 spiro atoms. The second-order valence-electron chi connectivity index (χ2n) is 4.17. The zero-order valence-corrected chi connectivity index (χ0v) is 7.70. The predicted octanol–water partition coefficient (Wildman–Crippen LogP) is 1.01. The number of piperidine rings is 1. The van der Waals surface area contributed by atoms with Crippen molar-refractivity contribution in [2.24, 2.45) is 5.73 Å². The molecule has 2 aliphatic heterocycles. The van der Waals surface area contributed by atoms with Crippen molar-refractivity contribution in [1.29, 1.82) is 0 Å². The summed E-state index contributed by atoms with van der Waals surface area (Å²) in [4.78, 5) is 12.7. The van der Waals surface area contributed by atoms with Gasteiger partial charge in [0.25, 0.3) is 0 Å². The minimum absolute atomic E-state index is 0.214. The van der Waals surface area contributed by atoms with E-state index < -0.39 is 6.09 Å². The number of amides is 1. The molecule has 2 unspecified atom stereocenters. The molecular weight excluding hydrogens is 168 g/mol. The Morgan fingerprint density at radius 1 is 1.54 bits per heavy atom. The van der Waals surface area contributed by atoms with Crippen molar-refractivity contribution < 1.29 is 9.90 Å². The number of nitrogens with two attached hydrogens (primary N) is 1. The van der Waals surface area contributed by atoms with Crippen LogP contribution in [-0.4, -0.2) is 34.2 Å². The highest BCUT2D eigenvalue weighted by atomic mass is 16.4. The fourth-order valence-corrected chi connectivity index (χ4v) is 2.92. The van der Waals surface area contributed by atoms with E-state index in [1.54, 1.807) is 4.90 Å². The lowest BCUT2D eigenvalue weighted by Crippen LogP contribution is -2.56. The van der Waals surface area contributed by atoms with E-state index in [1.165, 1.54) is 0 Å². The molecule has 3 N–H and O–H groups in total. The number of carbonyl (C=O) groups is 1. The monoisotopic (exact) mass is 184 g/mol. The lowest BCUT2D eigenvalue weighted by molar-refractivity contribution is 0.0563. The lowest BCUT2D eigenvalue weighted by atomic mass is 9.89. The van der Waals surface area contributed by atoms with Gasteiger partial charge in [-0.05, 0) is 32.1 Å². The number of rotatable bonds is 1. The quantitative estimate of drug-likeness (QED) is 0.639. The predicted molar refractivity (Wildman–Crippen MR) is 48.5 cm³/mol. The van der Waals surface area contributed by atoms with Crippen LogP contribution >= 0.6 is 0 Å². The van der Waals surface area contributed by atoms with Gasteiger partial charge in [0.15, 0.2) is 0 Å². The maximum Gasteiger partial charge on any atom is 0.408 e. The average Bonchev–Trinajstić information content (AvgIpc) is 2.35. The van der Waals surface area contributed by atoms with Crippen molar-refractivity contribution >= 4 is 6.09 Å². The summed E-state index contributed by atoms with van der Waals surface area (Å²) in [6, 6.07) is 0.245. The Hall–Kier alpha value is -0.770. The van der Waals surface area contributed by atoms with Crippen LogP contribution in [0.4, 0.5) is 4.79 Å². The zero-order valence-electron chi connectivity index (χ0n) is 7.70. The smallest absolute Gasteiger partial charge is 0.408 e. The molecule has 0 aromatic rings. The standard InChI is InChI=1S/C9H16N2O2/c10-6-9-4-1-2-7(3-5-9)11(9)8(12)13/h7H,1-6,10H2,(H,12,13). The van der Waals surface area contributed by atoms with Crippen molar-refractivity contribution in [3.8, 4) is 0 Å². The number of hydrogen-bond donors (Lipinski definition) is 2. The van der Waals surface area contributed by atoms with Crippen molar-refractivity contribution in [1.82, 2.24) is 4.90 Å². The molecule has 2 bridgehead atoms. The normalized spacial score (nSPS) is 37.9. The summed E-state index contributed by atoms with van der Waals surface area (Å²) in [6.45, 7) is 0.482. The SMILES string of the molecule is NCC12CCCC(CC1)N2C(=O)O. The third kappa shape index (κ3) is 1.12. The molecule has 0 saturated carbocycles. The van der Waals surface area contributed by atoms with Crippen LogP contribution in [0.5, 0.6) is 0 Å². The van der Waals surface area contributed by atoms with E-state index in [-0.39, 0.29) is 11.6 Å². The molecule has 2 fully saturated rings. The highest BCUT2D eigenvalue weighted by molar-refractivity contribution is 5.67. The molecule has 4 heteroatoms. The molecule has 4 nitrogen and oxygen atoms in total. The van der Waals surface area contributed by atoms with Crippen molar-refractivity contribution in [3.63, 3.8) is 0 Å². The molecule has 74 valence electrons. The van der Waals surface area contributed by atoms with E-state index in [4.69, 9.17) is 10.8 Å². The molecule has 0 aromatic carbocycles. The van der Waals surface area contributed by atoms with Crippen LogP contribution in [0.2, 0.25) is 0 Å². The summed E-state index contributed by atoms with van der Waals surface area (Å²) in [5.41, 5.74) is 5.49. The summed E-state index contributed by atoms with van der Waals surface area (Å²) in [6.07, 6.45) is 4.28. The molecule has 1 amide bonds. The molecule has 2 atom stereocenters. The Labute approximate surface area is 77.7 Å². The van der Waals surface area contributed by atoms with E-state index in [0.717, 1.165) is 32.1 Å². The lowest BCUT2D eigenvalue weighted by Gasteiger charge is -2.42. The second kappa shape index (κ2) is 2.87. The van der Waals surface area contributed by atoms with E-state index in [2.05, 4.69) is 0 Å². The fourth-order valence-electron chi connectivity index (χ4n) is 2.92. The van der Waals surface area contributed by atoms with Crippen molar-refractivity contribution in [2.75, 3.05) is 6.54 Å². The molecule has 13 heavy (non-hydrogen) atoms. The van der Waals surface area contributed by atoms with E-state index in [1.807, 2.05) is 0 Å². The van der Waals surface area contributed by atoms with Gasteiger partial charge in [0.05, 0.1) is 5.54 Å². The van der Waals surface area contributed by atoms with E-state index in [9.17, 15) is 4.79 Å². The highest BCUT2D eigenvalue weighted by Crippen LogP contribution is 2.43. The van der Waals surface area contributed by atoms with Gasteiger partial charge in [-0.3, -0.25) is 4.90 Å². The van der Waals surface area contributed by atoms with Gasteiger partial charge in [0.1, 0.15) is 0 Å². The Bertz CT molecular complexity index is 228. The maximum absolute atomic E-state index is 11.0. The van der Waals surface area contributed by atoms with E-state index in [0.29, 0.717) is 6.54 Å². The zero-order chi connectivity index (χ0) is 9.47. The first-order valence-corrected chi connectivity index (χ1v) is 4.92. The molecule has 2 heterocycles. The minimum Gasteiger partial charge on any atom is -0.465 e. The van der Waals surface area contributed by atoms with Crippen molar-refractivity contribution in [3.05, 3.63) is 0 Å². The summed E-state index contributed by atoms with van der Waals surface area (Å²) in [7, 11) is 0. The van der Waals surface area contributed by atoms with Crippen LogP contribution in [-0.2, 0) is 0 Å². The van der Waals surface area contributed by atoms with Gasteiger partial charge in [-0.15, -0.1) is 0 Å². The number of hydrogen-bond acceptors (Lipinski definition) is 2. The van der Waals surface area contributed by atoms with Crippen LogP contribution in [0.15, 0.2) is 0 Å². The second-order valence-corrected chi connectivity index (χ2v) is 4.17. The first-order chi connectivity index (χ1) is 6.19. The number of fused-ring (bicyclic) bond motifs is 2. The Morgan fingerprint density at radius 3 is 2.85 bits per heavy atom. The van der Waals surface area contributed by atoms with Crippen LogP contribution in [0, 0.1) is 0 Å². The van der Waals surface area contributed by atoms with Gasteiger partial charge in [-0.1, -0.05) is 0 Å². The number of carboxylic acid groups (broad SMARTS) is 1. The summed E-state index contributed by atoms with van der Waals surface area (Å²) >= 11 is 0. The van der Waals surface area contributed by atoms with Crippen molar-refractivity contribution in [2.45, 2.75) is 43.7 Å². The topological polar surface area (TPSA) is 66.6 Å². The summed E-state index contributed by atoms with van der Waals surface area (Å²) < 4.78 is 0. The Kier molecular flexibility index (Phi) is 1.95. The highest BCUT2D eigenvalue weighted by Gasteiger charge is 2.50. The first kappa shape index (κ1) is 8.81. The molecule has 2 saturated heterocycles. The average molecular weight is 184 g/mol. The Balaban J connectivity index is 2.28. The number of nitrogens with zero attached hydrogens (tertiary/aromatic N) is 1. The van der Waals surface area contributed by atoms with Gasteiger partial charge < -0.3 is 10.8 Å². The van der Waals surface area contributed by atoms with Crippen LogP contribution in [0.1, 0.15) is 32.1 Å². The maximum atomic E-state index is 11.0. The van der Waals surface area contributed by atoms with Gasteiger partial charge in [-0.25, -0.2) is 4.79 Å². The van der Waals surface area contributed by atoms with Gasteiger partial charge in [-0.2, -0.15) is 0 Å². The van der Waals surface area contributed by atoms with Gasteiger partial charge >= 0.3 is 6.09 Å². The van der Waals surface area contributed by atoms with Crippen LogP contribution in [0.3, 0.4) is 0 Å². The first-order valence-electron chi connectivity index (χ1n) is 4.92. The molecular formula is C9H16N2O2. The Morgan fingerprint density at radius 2 is 2.31 bits per heavy atom. The fraction of sp³-hybridized carbons (Fsp3) is 0.889. The van der Waals surface area contributed by atoms with Crippen LogP contribution < -0.4 is 5.73 Å². The minimum atomic E-state index is -0.785. The molecule has 0 aliphatic carbocycles. The molecule has 2 rings (SSSR count). The van der Waals surface area contributed by atoms with Crippen LogP contribution in [0.25, 0.3) is 0 Å². The largest absolute Gasteiger partial charge is 0.465 e. The summed E-state index contributed by atoms with van der Waals surface area (Å²) in [5, 5.41) is 9.09. The third-order valence-electron chi connectivity index (χ3n) is 3.58. The summed E-state index contributed by atoms with van der Waals surface area (Å²) in [5.74, 6) is 0. The van der Waals surface area contributed by atoms with E-state index >= 15 is 0 Å². The molecule has 0 radical (unpaired) electrons. The van der Waals surface area contributed by atoms with Gasteiger partial charge in [0.2, 0.25) is 0 Å². The van der Waals surface area contributed by atoms with Gasteiger partial charge in [0, 0.05) is 12.6 Å². The molecule has 2 aliphatic rings. The molecule has 0 aromatic heterocycles. The third-order valence-corrected chi connectivity index (χ3v) is 3.58.